The van der Waals surface area contributed by atoms with Crippen LogP contribution >= 0.6 is 15.9 Å². The summed E-state index contributed by atoms with van der Waals surface area (Å²) in [5.41, 5.74) is 8.42. The number of nitrogens with zero attached hydrogens (tertiary/aromatic N) is 2. The molecular formula is C21H21BrN4O. The van der Waals surface area contributed by atoms with Crippen molar-refractivity contribution in [1.82, 2.24) is 9.99 Å². The normalized spacial score (nSPS) is 11.0. The summed E-state index contributed by atoms with van der Waals surface area (Å²) in [6.07, 6.45) is 1.66. The van der Waals surface area contributed by atoms with Gasteiger partial charge in [0.25, 0.3) is 0 Å². The van der Waals surface area contributed by atoms with E-state index in [2.05, 4.69) is 42.4 Å². The molecule has 0 aliphatic carbocycles. The number of hydrogen-bond acceptors (Lipinski definition) is 2. The number of carbonyl (C=O) groups is 1. The van der Waals surface area contributed by atoms with Crippen LogP contribution in [0.4, 0.5) is 10.5 Å². The first kappa shape index (κ1) is 18.9. The highest BCUT2D eigenvalue weighted by Crippen LogP contribution is 2.26. The van der Waals surface area contributed by atoms with Crippen molar-refractivity contribution >= 4 is 33.9 Å². The molecule has 0 radical (unpaired) electrons. The molecule has 0 aliphatic rings. The summed E-state index contributed by atoms with van der Waals surface area (Å²) in [6, 6.07) is 17.3. The molecule has 0 saturated heterocycles. The van der Waals surface area contributed by atoms with Crippen molar-refractivity contribution in [2.45, 2.75) is 20.8 Å². The lowest BCUT2D eigenvalue weighted by molar-refractivity contribution is 0.252. The molecule has 2 N–H and O–H groups in total. The molecule has 0 spiro atoms. The first-order valence-electron chi connectivity index (χ1n) is 8.57. The fourth-order valence-electron chi connectivity index (χ4n) is 2.95. The van der Waals surface area contributed by atoms with Gasteiger partial charge in [-0.05, 0) is 66.5 Å². The minimum absolute atomic E-state index is 0.375. The van der Waals surface area contributed by atoms with Gasteiger partial charge in [-0.3, -0.25) is 0 Å². The number of benzene rings is 2. The van der Waals surface area contributed by atoms with Gasteiger partial charge in [-0.1, -0.05) is 30.3 Å². The third-order valence-corrected chi connectivity index (χ3v) is 5.00. The number of carbonyl (C=O) groups excluding carboxylic acids is 1. The van der Waals surface area contributed by atoms with Crippen molar-refractivity contribution in [1.29, 1.82) is 0 Å². The number of urea groups is 1. The summed E-state index contributed by atoms with van der Waals surface area (Å²) in [6.45, 7) is 6.01. The zero-order valence-corrected chi connectivity index (χ0v) is 17.0. The molecule has 1 aromatic heterocycles. The lowest BCUT2D eigenvalue weighted by atomic mass is 10.2. The van der Waals surface area contributed by atoms with Gasteiger partial charge < -0.3 is 9.88 Å². The fourth-order valence-corrected chi connectivity index (χ4v) is 3.41. The van der Waals surface area contributed by atoms with Crippen molar-refractivity contribution in [2.75, 3.05) is 5.32 Å². The predicted molar refractivity (Wildman–Crippen MR) is 114 cm³/mol. The highest BCUT2D eigenvalue weighted by atomic mass is 79.9. The Kier molecular flexibility index (Phi) is 5.76. The Morgan fingerprint density at radius 3 is 2.52 bits per heavy atom. The zero-order valence-electron chi connectivity index (χ0n) is 15.5. The lowest BCUT2D eigenvalue weighted by Crippen LogP contribution is -2.24. The number of anilines is 1. The van der Waals surface area contributed by atoms with Gasteiger partial charge in [-0.15, -0.1) is 0 Å². The minimum atomic E-state index is -0.375. The summed E-state index contributed by atoms with van der Waals surface area (Å²) >= 11 is 3.60. The summed E-state index contributed by atoms with van der Waals surface area (Å²) < 4.78 is 3.17. The molecule has 1 heterocycles. The molecule has 0 unspecified atom stereocenters. The number of nitrogens with one attached hydrogen (secondary N) is 2. The van der Waals surface area contributed by atoms with E-state index in [0.29, 0.717) is 0 Å². The first-order chi connectivity index (χ1) is 13.0. The molecule has 138 valence electrons. The largest absolute Gasteiger partial charge is 0.339 e. The Morgan fingerprint density at radius 1 is 1.07 bits per heavy atom. The number of aromatic nitrogens is 1. The summed E-state index contributed by atoms with van der Waals surface area (Å²) in [5.74, 6) is 0. The van der Waals surface area contributed by atoms with E-state index >= 15 is 0 Å². The van der Waals surface area contributed by atoms with Crippen LogP contribution in [0.15, 0.2) is 64.2 Å². The molecule has 0 aliphatic heterocycles. The van der Waals surface area contributed by atoms with Gasteiger partial charge in [-0.25, -0.2) is 10.2 Å². The number of amides is 2. The van der Waals surface area contributed by atoms with Gasteiger partial charge in [0.05, 0.1) is 11.9 Å². The molecule has 6 heteroatoms. The molecular weight excluding hydrogens is 404 g/mol. The molecule has 2 aromatic carbocycles. The van der Waals surface area contributed by atoms with E-state index in [9.17, 15) is 4.79 Å². The van der Waals surface area contributed by atoms with Crippen LogP contribution in [-0.4, -0.2) is 16.8 Å². The third-order valence-electron chi connectivity index (χ3n) is 4.33. The Bertz CT molecular complexity index is 1010. The Morgan fingerprint density at radius 2 is 1.78 bits per heavy atom. The summed E-state index contributed by atoms with van der Waals surface area (Å²) in [4.78, 5) is 12.0. The van der Waals surface area contributed by atoms with Gasteiger partial charge in [0.2, 0.25) is 0 Å². The number of hydrazone groups is 1. The van der Waals surface area contributed by atoms with Crippen LogP contribution in [0.3, 0.4) is 0 Å². The van der Waals surface area contributed by atoms with Crippen molar-refractivity contribution in [3.8, 4) is 5.69 Å². The third kappa shape index (κ3) is 4.28. The van der Waals surface area contributed by atoms with Crippen LogP contribution in [0.5, 0.6) is 0 Å². The lowest BCUT2D eigenvalue weighted by Gasteiger charge is -2.11. The monoisotopic (exact) mass is 424 g/mol. The van der Waals surface area contributed by atoms with Crippen molar-refractivity contribution in [2.24, 2.45) is 5.10 Å². The van der Waals surface area contributed by atoms with Gasteiger partial charge in [0, 0.05) is 27.1 Å². The highest BCUT2D eigenvalue weighted by molar-refractivity contribution is 9.10. The van der Waals surface area contributed by atoms with Gasteiger partial charge in [0.15, 0.2) is 0 Å². The maximum atomic E-state index is 12.0. The Labute approximate surface area is 167 Å². The number of rotatable bonds is 4. The van der Waals surface area contributed by atoms with Crippen molar-refractivity contribution < 1.29 is 4.79 Å². The maximum absolute atomic E-state index is 12.0. The minimum Gasteiger partial charge on any atom is -0.317 e. The van der Waals surface area contributed by atoms with E-state index in [1.165, 1.54) is 0 Å². The standard InChI is InChI=1S/C21H21BrN4O/c1-14-8-4-6-10-19(14)24-21(27)25-23-13-17-12-15(2)26(16(17)3)20-11-7-5-9-18(20)22/h4-13H,1-3H3,(H2,24,25,27). The van der Waals surface area contributed by atoms with Crippen LogP contribution in [0, 0.1) is 20.8 Å². The quantitative estimate of drug-likeness (QED) is 0.431. The van der Waals surface area contributed by atoms with E-state index in [1.807, 2.05) is 69.3 Å². The number of hydrogen-bond donors (Lipinski definition) is 2. The number of halogens is 1. The van der Waals surface area contributed by atoms with Crippen molar-refractivity contribution in [3.63, 3.8) is 0 Å². The topological polar surface area (TPSA) is 58.4 Å². The van der Waals surface area contributed by atoms with E-state index in [0.717, 1.165) is 38.4 Å². The molecule has 2 amide bonds. The van der Waals surface area contributed by atoms with Crippen LogP contribution in [0.1, 0.15) is 22.5 Å². The van der Waals surface area contributed by atoms with Crippen LogP contribution < -0.4 is 10.7 Å². The average molecular weight is 425 g/mol. The second-order valence-corrected chi connectivity index (χ2v) is 7.11. The van der Waals surface area contributed by atoms with E-state index in [4.69, 9.17) is 0 Å². The van der Waals surface area contributed by atoms with Crippen LogP contribution in [-0.2, 0) is 0 Å². The highest BCUT2D eigenvalue weighted by Gasteiger charge is 2.11. The Balaban J connectivity index is 1.73. The van der Waals surface area contributed by atoms with Gasteiger partial charge in [-0.2, -0.15) is 5.10 Å². The fraction of sp³-hybridized carbons (Fsp3) is 0.143. The molecule has 27 heavy (non-hydrogen) atoms. The molecule has 5 nitrogen and oxygen atoms in total. The van der Waals surface area contributed by atoms with Crippen molar-refractivity contribution in [3.05, 3.63) is 81.6 Å². The molecule has 3 aromatic rings. The summed E-state index contributed by atoms with van der Waals surface area (Å²) in [7, 11) is 0. The van der Waals surface area contributed by atoms with Gasteiger partial charge >= 0.3 is 6.03 Å². The first-order valence-corrected chi connectivity index (χ1v) is 9.36. The summed E-state index contributed by atoms with van der Waals surface area (Å²) in [5, 5.41) is 6.87. The second-order valence-electron chi connectivity index (χ2n) is 6.25. The SMILES string of the molecule is Cc1ccccc1NC(=O)NN=Cc1cc(C)n(-c2ccccc2Br)c1C. The molecule has 3 rings (SSSR count). The zero-order chi connectivity index (χ0) is 19.4. The van der Waals surface area contributed by atoms with E-state index in [1.54, 1.807) is 6.21 Å². The molecule has 0 fully saturated rings. The number of para-hydroxylation sites is 2. The number of aryl methyl sites for hydroxylation is 2. The molecule has 0 atom stereocenters. The molecule has 0 bridgehead atoms. The predicted octanol–water partition coefficient (Wildman–Crippen LogP) is 5.32. The Hall–Kier alpha value is -2.86. The molecule has 0 saturated carbocycles. The van der Waals surface area contributed by atoms with E-state index in [-0.39, 0.29) is 6.03 Å². The average Bonchev–Trinajstić information content (AvgIpc) is 2.91. The van der Waals surface area contributed by atoms with Crippen LogP contribution in [0.25, 0.3) is 5.69 Å². The van der Waals surface area contributed by atoms with Crippen LogP contribution in [0.2, 0.25) is 0 Å². The van der Waals surface area contributed by atoms with E-state index < -0.39 is 0 Å². The second kappa shape index (κ2) is 8.22. The van der Waals surface area contributed by atoms with Gasteiger partial charge in [0.1, 0.15) is 0 Å². The maximum Gasteiger partial charge on any atom is 0.339 e. The smallest absolute Gasteiger partial charge is 0.317 e.